The molecule has 0 bridgehead atoms. The molecule has 1 aliphatic carbocycles. The van der Waals surface area contributed by atoms with Crippen LogP contribution >= 0.6 is 0 Å². The molecule has 0 amide bonds. The molecule has 2 rings (SSSR count). The van der Waals surface area contributed by atoms with Crippen LogP contribution in [0.2, 0.25) is 0 Å². The van der Waals surface area contributed by atoms with Gasteiger partial charge in [0, 0.05) is 11.1 Å². The first-order chi connectivity index (χ1) is 8.14. The number of likely N-dealkylation sites (N-methyl/N-ethyl adjacent to an activating group) is 2. The number of nitrogens with zero attached hydrogens (tertiary/aromatic N) is 1. The quantitative estimate of drug-likeness (QED) is 0.844. The maximum absolute atomic E-state index is 5.49. The Labute approximate surface area is 104 Å². The summed E-state index contributed by atoms with van der Waals surface area (Å²) in [6.45, 7) is 0. The van der Waals surface area contributed by atoms with Crippen LogP contribution in [-0.2, 0) is 0 Å². The molecule has 1 fully saturated rings. The minimum absolute atomic E-state index is 0.220. The van der Waals surface area contributed by atoms with Crippen molar-refractivity contribution in [3.8, 4) is 5.75 Å². The summed E-state index contributed by atoms with van der Waals surface area (Å²) in [5, 5.41) is 3.49. The fourth-order valence-corrected chi connectivity index (χ4v) is 2.76. The summed E-state index contributed by atoms with van der Waals surface area (Å²) in [6.07, 6.45) is 2.45. The van der Waals surface area contributed by atoms with E-state index in [0.29, 0.717) is 6.04 Å². The van der Waals surface area contributed by atoms with Crippen LogP contribution in [0.1, 0.15) is 24.4 Å². The Bertz CT molecular complexity index is 386. The highest BCUT2D eigenvalue weighted by molar-refractivity contribution is 5.39. The third-order valence-corrected chi connectivity index (χ3v) is 3.76. The van der Waals surface area contributed by atoms with Crippen molar-refractivity contribution in [2.75, 3.05) is 28.3 Å². The molecule has 1 atom stereocenters. The topological polar surface area (TPSA) is 24.5 Å². The van der Waals surface area contributed by atoms with Crippen LogP contribution in [0.4, 0.5) is 0 Å². The Morgan fingerprint density at radius 3 is 2.41 bits per heavy atom. The van der Waals surface area contributed by atoms with Crippen molar-refractivity contribution in [2.24, 2.45) is 0 Å². The lowest BCUT2D eigenvalue weighted by molar-refractivity contribution is 0.218. The van der Waals surface area contributed by atoms with Crippen LogP contribution in [0, 0.1) is 0 Å². The molecule has 1 aromatic rings. The Morgan fingerprint density at radius 2 is 1.94 bits per heavy atom. The van der Waals surface area contributed by atoms with E-state index in [-0.39, 0.29) is 5.54 Å². The summed E-state index contributed by atoms with van der Waals surface area (Å²) in [6, 6.07) is 8.68. The second-order valence-electron chi connectivity index (χ2n) is 5.01. The Morgan fingerprint density at radius 1 is 1.29 bits per heavy atom. The van der Waals surface area contributed by atoms with Gasteiger partial charge in [-0.25, -0.2) is 0 Å². The highest BCUT2D eigenvalue weighted by Crippen LogP contribution is 2.49. The van der Waals surface area contributed by atoms with Gasteiger partial charge in [-0.2, -0.15) is 0 Å². The van der Waals surface area contributed by atoms with Gasteiger partial charge in [0.1, 0.15) is 5.75 Å². The third kappa shape index (κ3) is 2.17. The van der Waals surface area contributed by atoms with Crippen LogP contribution in [-0.4, -0.2) is 38.7 Å². The van der Waals surface area contributed by atoms with Gasteiger partial charge in [0.25, 0.3) is 0 Å². The highest BCUT2D eigenvalue weighted by Gasteiger charge is 2.50. The maximum atomic E-state index is 5.49. The minimum atomic E-state index is 0.220. The maximum Gasteiger partial charge on any atom is 0.123 e. The van der Waals surface area contributed by atoms with E-state index in [1.807, 2.05) is 12.1 Å². The summed E-state index contributed by atoms with van der Waals surface area (Å²) in [4.78, 5) is 2.28. The second kappa shape index (κ2) is 4.67. The molecule has 0 heterocycles. The fourth-order valence-electron chi connectivity index (χ4n) is 2.76. The van der Waals surface area contributed by atoms with Gasteiger partial charge in [-0.1, -0.05) is 18.2 Å². The predicted molar refractivity (Wildman–Crippen MR) is 70.4 cm³/mol. The first-order valence-corrected chi connectivity index (χ1v) is 6.13. The first kappa shape index (κ1) is 12.4. The molecule has 0 aliphatic heterocycles. The van der Waals surface area contributed by atoms with Gasteiger partial charge < -0.3 is 15.0 Å². The molecular weight excluding hydrogens is 212 g/mol. The van der Waals surface area contributed by atoms with Gasteiger partial charge >= 0.3 is 0 Å². The van der Waals surface area contributed by atoms with Crippen molar-refractivity contribution in [2.45, 2.75) is 24.4 Å². The van der Waals surface area contributed by atoms with Gasteiger partial charge in [-0.05, 0) is 40.1 Å². The third-order valence-electron chi connectivity index (χ3n) is 3.76. The molecule has 1 N–H and O–H groups in total. The molecule has 3 heteroatoms. The highest BCUT2D eigenvalue weighted by atomic mass is 16.5. The van der Waals surface area contributed by atoms with Crippen LogP contribution in [0.5, 0.6) is 5.75 Å². The number of rotatable bonds is 5. The number of para-hydroxylation sites is 1. The number of ether oxygens (including phenoxy) is 1. The van der Waals surface area contributed by atoms with Gasteiger partial charge in [0.15, 0.2) is 0 Å². The molecule has 0 aromatic heterocycles. The standard InChI is InChI=1S/C14H22N2O/c1-15-14(9-10-14)13(16(2)3)11-7-5-6-8-12(11)17-4/h5-8,13,15H,9-10H2,1-4H3. The molecule has 94 valence electrons. The van der Waals surface area contributed by atoms with Crippen LogP contribution in [0.15, 0.2) is 24.3 Å². The number of hydrogen-bond acceptors (Lipinski definition) is 3. The summed E-state index contributed by atoms with van der Waals surface area (Å²) in [5.74, 6) is 0.979. The number of methoxy groups -OCH3 is 1. The molecule has 0 spiro atoms. The van der Waals surface area contributed by atoms with E-state index >= 15 is 0 Å². The lowest BCUT2D eigenvalue weighted by Crippen LogP contribution is -2.41. The molecule has 0 saturated heterocycles. The van der Waals surface area contributed by atoms with Gasteiger partial charge in [-0.3, -0.25) is 0 Å². The molecule has 1 aliphatic rings. The molecule has 3 nitrogen and oxygen atoms in total. The summed E-state index contributed by atoms with van der Waals surface area (Å²) >= 11 is 0. The van der Waals surface area contributed by atoms with E-state index < -0.39 is 0 Å². The van der Waals surface area contributed by atoms with E-state index in [4.69, 9.17) is 4.74 Å². The molecule has 1 unspecified atom stereocenters. The summed E-state index contributed by atoms with van der Waals surface area (Å²) < 4.78 is 5.49. The van der Waals surface area contributed by atoms with Crippen LogP contribution in [0.3, 0.4) is 0 Å². The first-order valence-electron chi connectivity index (χ1n) is 6.13. The largest absolute Gasteiger partial charge is 0.496 e. The fraction of sp³-hybridized carbons (Fsp3) is 0.571. The molecule has 1 aromatic carbocycles. The zero-order chi connectivity index (χ0) is 12.5. The summed E-state index contributed by atoms with van der Waals surface area (Å²) in [7, 11) is 8.06. The van der Waals surface area contributed by atoms with Gasteiger partial charge in [-0.15, -0.1) is 0 Å². The number of hydrogen-bond donors (Lipinski definition) is 1. The van der Waals surface area contributed by atoms with Crippen molar-refractivity contribution in [3.05, 3.63) is 29.8 Å². The number of nitrogens with one attached hydrogen (secondary N) is 1. The van der Waals surface area contributed by atoms with Crippen molar-refractivity contribution < 1.29 is 4.74 Å². The second-order valence-corrected chi connectivity index (χ2v) is 5.01. The van der Waals surface area contributed by atoms with E-state index in [1.165, 1.54) is 18.4 Å². The molecule has 17 heavy (non-hydrogen) atoms. The van der Waals surface area contributed by atoms with Crippen molar-refractivity contribution in [3.63, 3.8) is 0 Å². The zero-order valence-electron chi connectivity index (χ0n) is 11.2. The SMILES string of the molecule is CNC1(C(c2ccccc2OC)N(C)C)CC1. The van der Waals surface area contributed by atoms with Gasteiger partial charge in [0.05, 0.1) is 13.2 Å². The van der Waals surface area contributed by atoms with E-state index in [2.05, 4.69) is 43.5 Å². The van der Waals surface area contributed by atoms with Crippen LogP contribution in [0.25, 0.3) is 0 Å². The lowest BCUT2D eigenvalue weighted by Gasteiger charge is -2.33. The van der Waals surface area contributed by atoms with E-state index in [1.54, 1.807) is 7.11 Å². The zero-order valence-corrected chi connectivity index (χ0v) is 11.2. The van der Waals surface area contributed by atoms with Gasteiger partial charge in [0.2, 0.25) is 0 Å². The molecule has 0 radical (unpaired) electrons. The normalized spacial score (nSPS) is 19.1. The van der Waals surface area contributed by atoms with E-state index in [9.17, 15) is 0 Å². The van der Waals surface area contributed by atoms with Crippen molar-refractivity contribution in [1.82, 2.24) is 10.2 Å². The van der Waals surface area contributed by atoms with Crippen molar-refractivity contribution >= 4 is 0 Å². The monoisotopic (exact) mass is 234 g/mol. The Hall–Kier alpha value is -1.06. The van der Waals surface area contributed by atoms with Crippen molar-refractivity contribution in [1.29, 1.82) is 0 Å². The minimum Gasteiger partial charge on any atom is -0.496 e. The average molecular weight is 234 g/mol. The Kier molecular flexibility index (Phi) is 3.40. The average Bonchev–Trinajstić information content (AvgIpc) is 3.10. The summed E-state index contributed by atoms with van der Waals surface area (Å²) in [5.41, 5.74) is 1.49. The molecular formula is C14H22N2O. The smallest absolute Gasteiger partial charge is 0.123 e. The Balaban J connectivity index is 2.40. The van der Waals surface area contributed by atoms with E-state index in [0.717, 1.165) is 5.75 Å². The predicted octanol–water partition coefficient (Wildman–Crippen LogP) is 2.05. The molecule has 1 saturated carbocycles. The lowest BCUT2D eigenvalue weighted by atomic mass is 9.95. The van der Waals surface area contributed by atoms with Crippen LogP contribution < -0.4 is 10.1 Å². The number of benzene rings is 1.